The topological polar surface area (TPSA) is 136 Å². The van der Waals surface area contributed by atoms with Gasteiger partial charge < -0.3 is 21.9 Å². The Morgan fingerprint density at radius 3 is 1.80 bits per heavy atom. The van der Waals surface area contributed by atoms with Gasteiger partial charge in [0.05, 0.1) is 6.04 Å². The molecule has 0 heterocycles. The number of halogens is 3. The van der Waals surface area contributed by atoms with Gasteiger partial charge in [0.2, 0.25) is 11.8 Å². The van der Waals surface area contributed by atoms with Gasteiger partial charge in [0.1, 0.15) is 6.04 Å². The van der Waals surface area contributed by atoms with Crippen molar-refractivity contribution in [3.05, 3.63) is 0 Å². The molecule has 0 radical (unpaired) electrons. The first-order valence-electron chi connectivity index (χ1n) is 4.84. The van der Waals surface area contributed by atoms with Crippen LogP contribution in [0.5, 0.6) is 0 Å². The Morgan fingerprint density at radius 1 is 1.20 bits per heavy atom. The summed E-state index contributed by atoms with van der Waals surface area (Å²) in [6, 6.07) is -1.51. The molecule has 0 fully saturated rings. The second-order valence-corrected chi connectivity index (χ2v) is 3.97. The standard InChI is InChI=1S/C6H13N3O2S2.C2HF3O2/c7-3(1-12)6(11)9-4(2-13)5(8)10;3-2(4,5)1(6)7/h3-4,12-13H,1-2,7H2,(H2,8,10)(H,9,11);(H,6,7)/t3-,4+;/m0./s1. The summed E-state index contributed by atoms with van der Waals surface area (Å²) in [5, 5.41) is 9.48. The molecule has 0 aliphatic rings. The van der Waals surface area contributed by atoms with Gasteiger partial charge in [-0.2, -0.15) is 38.4 Å². The zero-order valence-corrected chi connectivity index (χ0v) is 11.7. The average Bonchev–Trinajstić information content (AvgIpc) is 2.33. The highest BCUT2D eigenvalue weighted by Gasteiger charge is 2.38. The number of hydrogen-bond donors (Lipinski definition) is 6. The molecule has 2 atom stereocenters. The van der Waals surface area contributed by atoms with Gasteiger partial charge in [-0.3, -0.25) is 9.59 Å². The molecule has 0 aromatic heterocycles. The van der Waals surface area contributed by atoms with Crippen LogP contribution in [0.15, 0.2) is 0 Å². The second-order valence-electron chi connectivity index (χ2n) is 3.24. The van der Waals surface area contributed by atoms with Crippen molar-refractivity contribution in [3.63, 3.8) is 0 Å². The lowest BCUT2D eigenvalue weighted by Gasteiger charge is -2.15. The van der Waals surface area contributed by atoms with Gasteiger partial charge >= 0.3 is 12.1 Å². The summed E-state index contributed by atoms with van der Waals surface area (Å²) in [6.45, 7) is 0. The second kappa shape index (κ2) is 9.72. The number of carbonyl (C=O) groups is 3. The fraction of sp³-hybridized carbons (Fsp3) is 0.625. The highest BCUT2D eigenvalue weighted by molar-refractivity contribution is 7.80. The van der Waals surface area contributed by atoms with E-state index in [-0.39, 0.29) is 11.5 Å². The molecule has 0 aliphatic heterocycles. The van der Waals surface area contributed by atoms with E-state index in [1.165, 1.54) is 0 Å². The molecule has 6 N–H and O–H groups in total. The summed E-state index contributed by atoms with van der Waals surface area (Å²) in [5.41, 5.74) is 10.3. The van der Waals surface area contributed by atoms with Crippen LogP contribution in [0.3, 0.4) is 0 Å². The molecule has 12 heteroatoms. The number of alkyl halides is 3. The van der Waals surface area contributed by atoms with Crippen LogP contribution in [0.25, 0.3) is 0 Å². The van der Waals surface area contributed by atoms with E-state index in [0.29, 0.717) is 0 Å². The van der Waals surface area contributed by atoms with E-state index in [0.717, 1.165) is 0 Å². The highest BCUT2D eigenvalue weighted by Crippen LogP contribution is 2.13. The summed E-state index contributed by atoms with van der Waals surface area (Å²) >= 11 is 7.69. The molecule has 2 amide bonds. The Morgan fingerprint density at radius 2 is 1.60 bits per heavy atom. The van der Waals surface area contributed by atoms with Crippen molar-refractivity contribution < 1.29 is 32.7 Å². The van der Waals surface area contributed by atoms with Gasteiger partial charge in [-0.05, 0) is 0 Å². The Hall–Kier alpha value is -1.14. The number of carboxylic acids is 1. The number of rotatable bonds is 5. The predicted molar refractivity (Wildman–Crippen MR) is 70.5 cm³/mol. The maximum absolute atomic E-state index is 11.1. The van der Waals surface area contributed by atoms with Crippen LogP contribution >= 0.6 is 25.3 Å². The molecule has 118 valence electrons. The van der Waals surface area contributed by atoms with Crippen LogP contribution in [0.2, 0.25) is 0 Å². The van der Waals surface area contributed by atoms with Gasteiger partial charge in [0.15, 0.2) is 0 Å². The van der Waals surface area contributed by atoms with Gasteiger partial charge in [-0.15, -0.1) is 0 Å². The lowest BCUT2D eigenvalue weighted by atomic mass is 10.2. The number of aliphatic carboxylic acids is 1. The lowest BCUT2D eigenvalue weighted by molar-refractivity contribution is -0.192. The van der Waals surface area contributed by atoms with Crippen molar-refractivity contribution in [3.8, 4) is 0 Å². The Balaban J connectivity index is 0. The quantitative estimate of drug-likeness (QED) is 0.349. The predicted octanol–water partition coefficient (Wildman–Crippen LogP) is -1.22. The van der Waals surface area contributed by atoms with E-state index in [9.17, 15) is 22.8 Å². The first kappa shape index (κ1) is 21.2. The molecule has 0 saturated carbocycles. The molecule has 0 saturated heterocycles. The van der Waals surface area contributed by atoms with E-state index >= 15 is 0 Å². The average molecular weight is 337 g/mol. The molecular weight excluding hydrogens is 323 g/mol. The van der Waals surface area contributed by atoms with E-state index in [2.05, 4.69) is 30.6 Å². The largest absolute Gasteiger partial charge is 0.490 e. The molecule has 0 aliphatic carbocycles. The Bertz CT molecular complexity index is 354. The number of carboxylic acid groups (broad SMARTS) is 1. The third-order valence-corrected chi connectivity index (χ3v) is 2.38. The maximum atomic E-state index is 11.1. The molecule has 0 unspecified atom stereocenters. The number of primary amides is 1. The van der Waals surface area contributed by atoms with Crippen molar-refractivity contribution in [1.29, 1.82) is 0 Å². The first-order valence-corrected chi connectivity index (χ1v) is 6.10. The van der Waals surface area contributed by atoms with Crippen LogP contribution in [-0.4, -0.2) is 52.7 Å². The Kier molecular flexibility index (Phi) is 10.3. The van der Waals surface area contributed by atoms with Crippen LogP contribution in [0.1, 0.15) is 0 Å². The number of thiol groups is 2. The normalized spacial score (nSPS) is 13.5. The minimum Gasteiger partial charge on any atom is -0.475 e. The summed E-state index contributed by atoms with van der Waals surface area (Å²) in [6.07, 6.45) is -5.08. The van der Waals surface area contributed by atoms with Crippen molar-refractivity contribution in [2.24, 2.45) is 11.5 Å². The fourth-order valence-corrected chi connectivity index (χ4v) is 1.01. The monoisotopic (exact) mass is 337 g/mol. The third-order valence-electron chi connectivity index (χ3n) is 1.62. The van der Waals surface area contributed by atoms with Gasteiger partial charge in [0.25, 0.3) is 0 Å². The van der Waals surface area contributed by atoms with Gasteiger partial charge in [0, 0.05) is 11.5 Å². The van der Waals surface area contributed by atoms with Crippen LogP contribution in [0, 0.1) is 0 Å². The van der Waals surface area contributed by atoms with Crippen molar-refractivity contribution in [1.82, 2.24) is 5.32 Å². The van der Waals surface area contributed by atoms with E-state index in [1.54, 1.807) is 0 Å². The minimum atomic E-state index is -5.08. The minimum absolute atomic E-state index is 0.153. The molecule has 0 aromatic rings. The highest BCUT2D eigenvalue weighted by atomic mass is 32.1. The van der Waals surface area contributed by atoms with Gasteiger partial charge in [-0.25, -0.2) is 4.79 Å². The fourth-order valence-electron chi connectivity index (χ4n) is 0.568. The maximum Gasteiger partial charge on any atom is 0.490 e. The molecular formula is C8H14F3N3O4S2. The smallest absolute Gasteiger partial charge is 0.475 e. The number of nitrogens with two attached hydrogens (primary N) is 2. The summed E-state index contributed by atoms with van der Waals surface area (Å²) in [5.74, 6) is -3.47. The first-order chi connectivity index (χ1) is 8.97. The molecule has 0 aromatic carbocycles. The van der Waals surface area contributed by atoms with Crippen LogP contribution < -0.4 is 16.8 Å². The van der Waals surface area contributed by atoms with E-state index < -0.39 is 36.0 Å². The number of nitrogens with one attached hydrogen (secondary N) is 1. The third kappa shape index (κ3) is 9.75. The van der Waals surface area contributed by atoms with E-state index in [4.69, 9.17) is 21.4 Å². The number of hydrogen-bond acceptors (Lipinski definition) is 6. The van der Waals surface area contributed by atoms with Crippen molar-refractivity contribution in [2.75, 3.05) is 11.5 Å². The SMILES string of the molecule is NC(=O)[C@@H](CS)NC(=O)[C@@H](N)CS.O=C(O)C(F)(F)F. The summed E-state index contributed by atoms with van der Waals surface area (Å²) < 4.78 is 31.7. The molecule has 0 bridgehead atoms. The Labute approximate surface area is 123 Å². The zero-order chi connectivity index (χ0) is 16.5. The number of carbonyl (C=O) groups excluding carboxylic acids is 2. The van der Waals surface area contributed by atoms with Crippen molar-refractivity contribution >= 4 is 43.0 Å². The molecule has 0 spiro atoms. The van der Waals surface area contributed by atoms with Crippen LogP contribution in [0.4, 0.5) is 13.2 Å². The molecule has 7 nitrogen and oxygen atoms in total. The summed E-state index contributed by atoms with van der Waals surface area (Å²) in [7, 11) is 0. The number of amides is 2. The van der Waals surface area contributed by atoms with Crippen molar-refractivity contribution in [2.45, 2.75) is 18.3 Å². The lowest BCUT2D eigenvalue weighted by Crippen LogP contribution is -2.51. The van der Waals surface area contributed by atoms with E-state index in [1.807, 2.05) is 0 Å². The summed E-state index contributed by atoms with van der Waals surface area (Å²) in [4.78, 5) is 30.7. The van der Waals surface area contributed by atoms with Crippen LogP contribution in [-0.2, 0) is 14.4 Å². The molecule has 0 rings (SSSR count). The zero-order valence-electron chi connectivity index (χ0n) is 9.92. The van der Waals surface area contributed by atoms with Gasteiger partial charge in [-0.1, -0.05) is 0 Å². The molecule has 20 heavy (non-hydrogen) atoms.